The molecule has 80 valence electrons. The Hall–Kier alpha value is -1.03. The molecule has 0 amide bonds. The summed E-state index contributed by atoms with van der Waals surface area (Å²) >= 11 is 1.50. The Morgan fingerprint density at radius 2 is 2.47 bits per heavy atom. The summed E-state index contributed by atoms with van der Waals surface area (Å²) in [4.78, 5) is 15.7. The second-order valence-electron chi connectivity index (χ2n) is 3.75. The first-order valence-corrected chi connectivity index (χ1v) is 5.95. The van der Waals surface area contributed by atoms with Crippen molar-refractivity contribution >= 4 is 17.7 Å². The first-order chi connectivity index (χ1) is 7.17. The van der Waals surface area contributed by atoms with Crippen LogP contribution in [0.5, 0.6) is 0 Å². The molecule has 1 aliphatic rings. The van der Waals surface area contributed by atoms with Crippen LogP contribution in [0.3, 0.4) is 0 Å². The maximum absolute atomic E-state index is 11.4. The standard InChI is InChI=1S/C11H13NO2S/c1-8-4-2-6-12-9(8)11(10(13)14)5-3-7-15-11/h2,4,6H,3,5,7H2,1H3,(H,13,14). The van der Waals surface area contributed by atoms with E-state index in [1.165, 1.54) is 11.8 Å². The number of nitrogens with zero attached hydrogens (tertiary/aromatic N) is 1. The second kappa shape index (κ2) is 3.85. The number of hydrogen-bond donors (Lipinski definition) is 1. The van der Waals surface area contributed by atoms with Gasteiger partial charge in [-0.3, -0.25) is 9.78 Å². The second-order valence-corrected chi connectivity index (χ2v) is 5.15. The van der Waals surface area contributed by atoms with Crippen LogP contribution in [0, 0.1) is 6.92 Å². The molecule has 3 nitrogen and oxygen atoms in total. The van der Waals surface area contributed by atoms with Gasteiger partial charge in [0.1, 0.15) is 0 Å². The third kappa shape index (κ3) is 1.63. The Morgan fingerprint density at radius 1 is 1.67 bits per heavy atom. The van der Waals surface area contributed by atoms with Crippen LogP contribution in [0.1, 0.15) is 24.1 Å². The van der Waals surface area contributed by atoms with Gasteiger partial charge in [0.15, 0.2) is 4.75 Å². The molecule has 1 aromatic rings. The van der Waals surface area contributed by atoms with E-state index in [2.05, 4.69) is 4.98 Å². The topological polar surface area (TPSA) is 50.2 Å². The normalized spacial score (nSPS) is 25.4. The quantitative estimate of drug-likeness (QED) is 0.835. The molecule has 1 unspecified atom stereocenters. The van der Waals surface area contributed by atoms with Crippen LogP contribution in [0.25, 0.3) is 0 Å². The van der Waals surface area contributed by atoms with Crippen LogP contribution in [0.4, 0.5) is 0 Å². The molecule has 1 fully saturated rings. The van der Waals surface area contributed by atoms with Gasteiger partial charge in [-0.05, 0) is 37.1 Å². The van der Waals surface area contributed by atoms with E-state index >= 15 is 0 Å². The predicted octanol–water partition coefficient (Wildman–Crippen LogP) is 2.20. The third-order valence-corrected chi connectivity index (χ3v) is 4.32. The molecule has 2 heterocycles. The number of hydrogen-bond acceptors (Lipinski definition) is 3. The van der Waals surface area contributed by atoms with Crippen molar-refractivity contribution in [3.05, 3.63) is 29.6 Å². The van der Waals surface area contributed by atoms with E-state index in [4.69, 9.17) is 0 Å². The fourth-order valence-electron chi connectivity index (χ4n) is 2.00. The predicted molar refractivity (Wildman–Crippen MR) is 60.0 cm³/mol. The van der Waals surface area contributed by atoms with Crippen LogP contribution in [-0.4, -0.2) is 21.8 Å². The molecule has 1 aliphatic heterocycles. The number of carboxylic acids is 1. The summed E-state index contributed by atoms with van der Waals surface area (Å²) in [6.45, 7) is 1.92. The summed E-state index contributed by atoms with van der Waals surface area (Å²) in [7, 11) is 0. The van der Waals surface area contributed by atoms with Gasteiger partial charge < -0.3 is 5.11 Å². The molecule has 15 heavy (non-hydrogen) atoms. The summed E-state index contributed by atoms with van der Waals surface area (Å²) < 4.78 is -0.800. The van der Waals surface area contributed by atoms with Crippen LogP contribution in [0.15, 0.2) is 18.3 Å². The lowest BCUT2D eigenvalue weighted by molar-refractivity contribution is -0.140. The average molecular weight is 223 g/mol. The van der Waals surface area contributed by atoms with Crippen LogP contribution in [-0.2, 0) is 9.54 Å². The van der Waals surface area contributed by atoms with E-state index < -0.39 is 10.7 Å². The van der Waals surface area contributed by atoms with Crippen LogP contribution < -0.4 is 0 Å². The molecule has 0 aromatic carbocycles. The maximum atomic E-state index is 11.4. The summed E-state index contributed by atoms with van der Waals surface area (Å²) in [6.07, 6.45) is 3.31. The van der Waals surface area contributed by atoms with Gasteiger partial charge in [-0.25, -0.2) is 0 Å². The lowest BCUT2D eigenvalue weighted by atomic mass is 9.95. The van der Waals surface area contributed by atoms with E-state index in [1.54, 1.807) is 6.20 Å². The first-order valence-electron chi connectivity index (χ1n) is 4.96. The molecular formula is C11H13NO2S. The van der Waals surface area contributed by atoms with E-state index in [0.717, 1.165) is 23.4 Å². The highest BCUT2D eigenvalue weighted by molar-refractivity contribution is 8.01. The molecule has 1 aromatic heterocycles. The van der Waals surface area contributed by atoms with Crippen molar-refractivity contribution in [1.82, 2.24) is 4.98 Å². The lowest BCUT2D eigenvalue weighted by Gasteiger charge is -2.23. The number of carboxylic acid groups (broad SMARTS) is 1. The van der Waals surface area contributed by atoms with E-state index in [0.29, 0.717) is 6.42 Å². The Morgan fingerprint density at radius 3 is 3.00 bits per heavy atom. The number of aromatic nitrogens is 1. The van der Waals surface area contributed by atoms with E-state index in [1.807, 2.05) is 19.1 Å². The van der Waals surface area contributed by atoms with Crippen LogP contribution >= 0.6 is 11.8 Å². The SMILES string of the molecule is Cc1cccnc1C1(C(=O)O)CCCS1. The molecule has 1 N–H and O–H groups in total. The molecule has 0 bridgehead atoms. The van der Waals surface area contributed by atoms with Gasteiger partial charge in [-0.15, -0.1) is 11.8 Å². The Kier molecular flexibility index (Phi) is 2.69. The van der Waals surface area contributed by atoms with Gasteiger partial charge >= 0.3 is 5.97 Å². The van der Waals surface area contributed by atoms with E-state index in [-0.39, 0.29) is 0 Å². The summed E-state index contributed by atoms with van der Waals surface area (Å²) in [5.74, 6) is 0.147. The molecule has 0 spiro atoms. The third-order valence-electron chi connectivity index (χ3n) is 2.76. The molecule has 4 heteroatoms. The number of aliphatic carboxylic acids is 1. The number of rotatable bonds is 2. The molecule has 2 rings (SSSR count). The smallest absolute Gasteiger partial charge is 0.325 e. The number of pyridine rings is 1. The zero-order chi connectivity index (χ0) is 10.9. The van der Waals surface area contributed by atoms with Crippen molar-refractivity contribution in [2.24, 2.45) is 0 Å². The van der Waals surface area contributed by atoms with Gasteiger partial charge in [-0.2, -0.15) is 0 Å². The van der Waals surface area contributed by atoms with Crippen molar-refractivity contribution in [3.8, 4) is 0 Å². The number of thioether (sulfide) groups is 1. The van der Waals surface area contributed by atoms with Crippen LogP contribution in [0.2, 0.25) is 0 Å². The summed E-state index contributed by atoms with van der Waals surface area (Å²) in [5, 5.41) is 9.38. The minimum Gasteiger partial charge on any atom is -0.480 e. The Balaban J connectivity index is 2.50. The molecular weight excluding hydrogens is 210 g/mol. The minimum absolute atomic E-state index is 0.685. The van der Waals surface area contributed by atoms with Gasteiger partial charge in [-0.1, -0.05) is 6.07 Å². The maximum Gasteiger partial charge on any atom is 0.325 e. The first kappa shape index (κ1) is 10.5. The molecule has 1 atom stereocenters. The minimum atomic E-state index is -0.800. The fourth-order valence-corrected chi connectivity index (χ4v) is 3.40. The van der Waals surface area contributed by atoms with Crippen molar-refractivity contribution in [3.63, 3.8) is 0 Å². The highest BCUT2D eigenvalue weighted by Gasteiger charge is 2.46. The molecule has 0 radical (unpaired) electrons. The highest BCUT2D eigenvalue weighted by atomic mass is 32.2. The Bertz CT molecular complexity index is 386. The molecule has 0 saturated carbocycles. The molecule has 0 aliphatic carbocycles. The molecule has 1 saturated heterocycles. The van der Waals surface area contributed by atoms with E-state index in [9.17, 15) is 9.90 Å². The zero-order valence-corrected chi connectivity index (χ0v) is 9.38. The van der Waals surface area contributed by atoms with Crippen molar-refractivity contribution in [2.75, 3.05) is 5.75 Å². The van der Waals surface area contributed by atoms with Crippen molar-refractivity contribution in [2.45, 2.75) is 24.5 Å². The van der Waals surface area contributed by atoms with Gasteiger partial charge in [0.25, 0.3) is 0 Å². The zero-order valence-electron chi connectivity index (χ0n) is 8.56. The van der Waals surface area contributed by atoms with Gasteiger partial charge in [0.05, 0.1) is 5.69 Å². The van der Waals surface area contributed by atoms with Gasteiger partial charge in [0.2, 0.25) is 0 Å². The highest BCUT2D eigenvalue weighted by Crippen LogP contribution is 2.46. The monoisotopic (exact) mass is 223 g/mol. The fraction of sp³-hybridized carbons (Fsp3) is 0.455. The number of carbonyl (C=O) groups is 1. The van der Waals surface area contributed by atoms with Crippen molar-refractivity contribution in [1.29, 1.82) is 0 Å². The summed E-state index contributed by atoms with van der Waals surface area (Å²) in [5.41, 5.74) is 1.69. The summed E-state index contributed by atoms with van der Waals surface area (Å²) in [6, 6.07) is 3.76. The Labute approximate surface area is 92.9 Å². The largest absolute Gasteiger partial charge is 0.480 e. The van der Waals surface area contributed by atoms with Crippen molar-refractivity contribution < 1.29 is 9.90 Å². The van der Waals surface area contributed by atoms with Gasteiger partial charge in [0, 0.05) is 6.20 Å². The number of aryl methyl sites for hydroxylation is 1. The average Bonchev–Trinajstić information content (AvgIpc) is 2.68. The lowest BCUT2D eigenvalue weighted by Crippen LogP contribution is -2.31.